The average molecular weight is 208 g/mol. The van der Waals surface area contributed by atoms with Crippen LogP contribution in [0.1, 0.15) is 27.2 Å². The molecule has 0 aliphatic heterocycles. The van der Waals surface area contributed by atoms with Gasteiger partial charge in [0.1, 0.15) is 0 Å². The second kappa shape index (κ2) is 8.32. The highest BCUT2D eigenvalue weighted by molar-refractivity contribution is 5.78. The van der Waals surface area contributed by atoms with Crippen LogP contribution in [0.5, 0.6) is 0 Å². The number of rotatable bonds is 5. The second-order valence-electron chi connectivity index (χ2n) is 3.18. The first-order valence-electron chi connectivity index (χ1n) is 4.58. The molecule has 1 amide bonds. The molecule has 1 atom stereocenters. The van der Waals surface area contributed by atoms with Crippen LogP contribution < -0.4 is 17.7 Å². The van der Waals surface area contributed by atoms with Gasteiger partial charge in [0, 0.05) is 5.92 Å². The van der Waals surface area contributed by atoms with Gasteiger partial charge in [-0.25, -0.2) is 0 Å². The van der Waals surface area contributed by atoms with Gasteiger partial charge >= 0.3 is 0 Å². The van der Waals surface area contributed by atoms with Crippen LogP contribution in [0.2, 0.25) is 0 Å². The molecule has 80 valence electrons. The zero-order valence-electron chi connectivity index (χ0n) is 8.93. The normalized spacial score (nSPS) is 12.1. The molecule has 13 heavy (non-hydrogen) atoms. The van der Waals surface area contributed by atoms with E-state index in [1.807, 2.05) is 20.9 Å². The lowest BCUT2D eigenvalue weighted by Crippen LogP contribution is -3.00. The van der Waals surface area contributed by atoms with E-state index >= 15 is 0 Å². The summed E-state index contributed by atoms with van der Waals surface area (Å²) in [4.78, 5) is 13.3. The summed E-state index contributed by atoms with van der Waals surface area (Å²) in [6, 6.07) is 0. The Labute approximate surface area is 87.3 Å². The van der Waals surface area contributed by atoms with Crippen LogP contribution in [-0.2, 0) is 4.79 Å². The van der Waals surface area contributed by atoms with E-state index in [9.17, 15) is 4.79 Å². The molecule has 0 rings (SSSR count). The summed E-state index contributed by atoms with van der Waals surface area (Å²) in [5, 5.41) is 2.87. The molecule has 0 aromatic heterocycles. The average Bonchev–Trinajstić information content (AvgIpc) is 2.11. The third-order valence-electron chi connectivity index (χ3n) is 2.12. The van der Waals surface area contributed by atoms with Gasteiger partial charge in [-0.3, -0.25) is 9.69 Å². The SMILES string of the molecule is CCC(C)C(=O)NCN(C)CC.[Cl-]. The van der Waals surface area contributed by atoms with Crippen LogP contribution in [0.25, 0.3) is 0 Å². The molecule has 0 aliphatic carbocycles. The molecular formula is C9H20ClN2O-. The van der Waals surface area contributed by atoms with Gasteiger partial charge in [-0.15, -0.1) is 0 Å². The predicted molar refractivity (Wildman–Crippen MR) is 50.8 cm³/mol. The van der Waals surface area contributed by atoms with Crippen LogP contribution >= 0.6 is 0 Å². The van der Waals surface area contributed by atoms with Gasteiger partial charge in [-0.05, 0) is 20.0 Å². The molecule has 0 bridgehead atoms. The minimum atomic E-state index is 0. The number of carbonyl (C=O) groups excluding carboxylic acids is 1. The maximum atomic E-state index is 11.3. The Morgan fingerprint density at radius 1 is 1.46 bits per heavy atom. The summed E-state index contributed by atoms with van der Waals surface area (Å²) < 4.78 is 0. The number of hydrogen-bond acceptors (Lipinski definition) is 2. The van der Waals surface area contributed by atoms with Crippen molar-refractivity contribution >= 4 is 5.91 Å². The second-order valence-corrected chi connectivity index (χ2v) is 3.18. The number of halogens is 1. The first kappa shape index (κ1) is 15.2. The number of carbonyl (C=O) groups is 1. The lowest BCUT2D eigenvalue weighted by molar-refractivity contribution is -0.125. The first-order chi connectivity index (χ1) is 5.61. The number of hydrogen-bond donors (Lipinski definition) is 1. The molecule has 4 heteroatoms. The molecule has 0 fully saturated rings. The Kier molecular flexibility index (Phi) is 9.74. The Morgan fingerprint density at radius 2 is 2.00 bits per heavy atom. The molecule has 0 saturated carbocycles. The van der Waals surface area contributed by atoms with E-state index < -0.39 is 0 Å². The Balaban J connectivity index is 0. The summed E-state index contributed by atoms with van der Waals surface area (Å²) in [6.07, 6.45) is 0.904. The topological polar surface area (TPSA) is 32.3 Å². The van der Waals surface area contributed by atoms with Crippen molar-refractivity contribution in [2.75, 3.05) is 20.3 Å². The van der Waals surface area contributed by atoms with Gasteiger partial charge in [0.25, 0.3) is 0 Å². The quantitative estimate of drug-likeness (QED) is 0.533. The van der Waals surface area contributed by atoms with E-state index in [0.29, 0.717) is 6.67 Å². The van der Waals surface area contributed by atoms with Crippen molar-refractivity contribution < 1.29 is 17.2 Å². The molecule has 0 radical (unpaired) electrons. The molecule has 0 spiro atoms. The van der Waals surface area contributed by atoms with Crippen LogP contribution in [-0.4, -0.2) is 31.1 Å². The van der Waals surface area contributed by atoms with E-state index in [1.165, 1.54) is 0 Å². The Morgan fingerprint density at radius 3 is 2.38 bits per heavy atom. The first-order valence-corrected chi connectivity index (χ1v) is 4.58. The lowest BCUT2D eigenvalue weighted by atomic mass is 10.1. The molecule has 0 aliphatic rings. The Bertz CT molecular complexity index is 142. The zero-order chi connectivity index (χ0) is 9.56. The van der Waals surface area contributed by atoms with Crippen molar-refractivity contribution in [1.29, 1.82) is 0 Å². The van der Waals surface area contributed by atoms with Crippen molar-refractivity contribution in [2.24, 2.45) is 5.92 Å². The number of nitrogens with zero attached hydrogens (tertiary/aromatic N) is 1. The van der Waals surface area contributed by atoms with Gasteiger partial charge in [0.15, 0.2) is 0 Å². The van der Waals surface area contributed by atoms with Gasteiger partial charge in [0.05, 0.1) is 6.67 Å². The van der Waals surface area contributed by atoms with E-state index in [-0.39, 0.29) is 24.2 Å². The molecule has 1 unspecified atom stereocenters. The molecule has 0 saturated heterocycles. The molecule has 0 heterocycles. The molecule has 0 aromatic carbocycles. The molecule has 1 N–H and O–H groups in total. The summed E-state index contributed by atoms with van der Waals surface area (Å²) in [6.45, 7) is 7.64. The van der Waals surface area contributed by atoms with E-state index in [1.54, 1.807) is 0 Å². The summed E-state index contributed by atoms with van der Waals surface area (Å²) in [5.74, 6) is 0.285. The lowest BCUT2D eigenvalue weighted by Gasteiger charge is -2.16. The maximum absolute atomic E-state index is 11.3. The highest BCUT2D eigenvalue weighted by Crippen LogP contribution is 1.98. The van der Waals surface area contributed by atoms with Crippen LogP contribution in [0, 0.1) is 5.92 Å². The fraction of sp³-hybridized carbons (Fsp3) is 0.889. The maximum Gasteiger partial charge on any atom is 0.223 e. The van der Waals surface area contributed by atoms with E-state index in [4.69, 9.17) is 0 Å². The van der Waals surface area contributed by atoms with E-state index in [0.717, 1.165) is 13.0 Å². The standard InChI is InChI=1S/C9H20N2O.ClH/c1-5-8(3)9(12)10-7-11(4)6-2;/h8H,5-7H2,1-4H3,(H,10,12);1H/p-1. The predicted octanol–water partition coefficient (Wildman–Crippen LogP) is -1.94. The minimum absolute atomic E-state index is 0. The number of amides is 1. The molecule has 0 aromatic rings. The fourth-order valence-electron chi connectivity index (χ4n) is 0.684. The van der Waals surface area contributed by atoms with Crippen molar-refractivity contribution in [3.05, 3.63) is 0 Å². The number of nitrogens with one attached hydrogen (secondary N) is 1. The summed E-state index contributed by atoms with van der Waals surface area (Å²) in [7, 11) is 1.98. The highest BCUT2D eigenvalue weighted by Gasteiger charge is 2.09. The highest BCUT2D eigenvalue weighted by atomic mass is 35.5. The van der Waals surface area contributed by atoms with Crippen molar-refractivity contribution in [3.63, 3.8) is 0 Å². The third-order valence-corrected chi connectivity index (χ3v) is 2.12. The van der Waals surface area contributed by atoms with Crippen LogP contribution in [0.3, 0.4) is 0 Å². The van der Waals surface area contributed by atoms with Crippen LogP contribution in [0.15, 0.2) is 0 Å². The van der Waals surface area contributed by atoms with Gasteiger partial charge in [-0.2, -0.15) is 0 Å². The van der Waals surface area contributed by atoms with E-state index in [2.05, 4.69) is 17.1 Å². The van der Waals surface area contributed by atoms with Crippen molar-refractivity contribution in [3.8, 4) is 0 Å². The largest absolute Gasteiger partial charge is 1.00 e. The fourth-order valence-corrected chi connectivity index (χ4v) is 0.684. The van der Waals surface area contributed by atoms with Gasteiger partial charge < -0.3 is 17.7 Å². The van der Waals surface area contributed by atoms with Gasteiger partial charge in [0.2, 0.25) is 5.91 Å². The summed E-state index contributed by atoms with van der Waals surface area (Å²) in [5.41, 5.74) is 0. The minimum Gasteiger partial charge on any atom is -1.00 e. The molecular weight excluding hydrogens is 188 g/mol. The zero-order valence-corrected chi connectivity index (χ0v) is 9.69. The Hall–Kier alpha value is -0.280. The summed E-state index contributed by atoms with van der Waals surface area (Å²) >= 11 is 0. The van der Waals surface area contributed by atoms with Gasteiger partial charge in [-0.1, -0.05) is 20.8 Å². The third kappa shape index (κ3) is 6.84. The van der Waals surface area contributed by atoms with Crippen molar-refractivity contribution in [2.45, 2.75) is 27.2 Å². The van der Waals surface area contributed by atoms with Crippen LogP contribution in [0.4, 0.5) is 0 Å². The molecule has 3 nitrogen and oxygen atoms in total. The van der Waals surface area contributed by atoms with Crippen molar-refractivity contribution in [1.82, 2.24) is 10.2 Å². The monoisotopic (exact) mass is 207 g/mol. The smallest absolute Gasteiger partial charge is 0.223 e.